The minimum Gasteiger partial charge on any atom is -0.338 e. The van der Waals surface area contributed by atoms with Crippen molar-refractivity contribution in [2.75, 3.05) is 25.1 Å². The zero-order valence-corrected chi connectivity index (χ0v) is 16.4. The molecule has 0 spiro atoms. The van der Waals surface area contributed by atoms with Gasteiger partial charge < -0.3 is 10.2 Å². The van der Waals surface area contributed by atoms with Gasteiger partial charge in [0.05, 0.1) is 18.4 Å². The topological polar surface area (TPSA) is 97.9 Å². The molecule has 3 aromatic heterocycles. The minimum absolute atomic E-state index is 0.0631. The van der Waals surface area contributed by atoms with Crippen LogP contribution in [0.5, 0.6) is 0 Å². The van der Waals surface area contributed by atoms with Crippen molar-refractivity contribution >= 4 is 28.6 Å². The van der Waals surface area contributed by atoms with Gasteiger partial charge >= 0.3 is 0 Å². The van der Waals surface area contributed by atoms with Gasteiger partial charge in [-0.1, -0.05) is 6.58 Å². The lowest BCUT2D eigenvalue weighted by Crippen LogP contribution is -2.49. The molecule has 0 radical (unpaired) electrons. The number of rotatable bonds is 8. The number of hydrogen-bond donors (Lipinski definition) is 1. The van der Waals surface area contributed by atoms with E-state index < -0.39 is 6.67 Å². The van der Waals surface area contributed by atoms with Gasteiger partial charge in [-0.2, -0.15) is 10.1 Å². The van der Waals surface area contributed by atoms with Gasteiger partial charge in [0.1, 0.15) is 12.3 Å². The van der Waals surface area contributed by atoms with Crippen molar-refractivity contribution < 1.29 is 9.18 Å². The van der Waals surface area contributed by atoms with E-state index >= 15 is 0 Å². The molecule has 4 rings (SSSR count). The molecule has 156 valence electrons. The first-order valence-electron chi connectivity index (χ1n) is 9.71. The third-order valence-corrected chi connectivity index (χ3v) is 5.13. The maximum atomic E-state index is 12.5. The van der Waals surface area contributed by atoms with Crippen LogP contribution in [0.3, 0.4) is 0 Å². The molecule has 9 nitrogen and oxygen atoms in total. The minimum atomic E-state index is -0.500. The first-order valence-corrected chi connectivity index (χ1v) is 9.71. The number of likely N-dealkylation sites (tertiary alicyclic amines) is 1. The fraction of sp³-hybridized carbons (Fsp3) is 0.350. The number of halogens is 1. The third-order valence-electron chi connectivity index (χ3n) is 5.13. The number of aryl methyl sites for hydroxylation is 2. The number of aromatic nitrogens is 5. The summed E-state index contributed by atoms with van der Waals surface area (Å²) in [5.74, 6) is 0.608. The van der Waals surface area contributed by atoms with Crippen LogP contribution in [0.25, 0.3) is 11.0 Å². The van der Waals surface area contributed by atoms with E-state index in [0.29, 0.717) is 42.8 Å². The fourth-order valence-corrected chi connectivity index (χ4v) is 3.49. The number of amides is 1. The highest BCUT2D eigenvalue weighted by molar-refractivity contribution is 5.87. The average molecular weight is 411 g/mol. The number of fused-ring (bicyclic) bond motifs is 1. The van der Waals surface area contributed by atoms with Crippen molar-refractivity contribution in [3.05, 3.63) is 53.7 Å². The highest BCUT2D eigenvalue weighted by atomic mass is 19.1. The predicted molar refractivity (Wildman–Crippen MR) is 110 cm³/mol. The van der Waals surface area contributed by atoms with E-state index in [-0.39, 0.29) is 18.0 Å². The van der Waals surface area contributed by atoms with Gasteiger partial charge in [-0.05, 0) is 24.5 Å². The molecular weight excluding hydrogens is 389 g/mol. The van der Waals surface area contributed by atoms with E-state index in [0.717, 1.165) is 11.8 Å². The van der Waals surface area contributed by atoms with Crippen LogP contribution in [0.1, 0.15) is 6.42 Å². The third kappa shape index (κ3) is 4.07. The fourth-order valence-electron chi connectivity index (χ4n) is 3.49. The van der Waals surface area contributed by atoms with E-state index in [4.69, 9.17) is 0 Å². The van der Waals surface area contributed by atoms with E-state index in [1.165, 1.54) is 16.8 Å². The van der Waals surface area contributed by atoms with Crippen LogP contribution in [0.15, 0.2) is 48.2 Å². The Morgan fingerprint density at radius 2 is 2.13 bits per heavy atom. The van der Waals surface area contributed by atoms with Gasteiger partial charge in [0, 0.05) is 43.5 Å². The van der Waals surface area contributed by atoms with Gasteiger partial charge in [0.15, 0.2) is 0 Å². The Hall–Kier alpha value is -3.56. The lowest BCUT2D eigenvalue weighted by atomic mass is 9.96. The Balaban J connectivity index is 1.50. The van der Waals surface area contributed by atoms with Crippen LogP contribution in [-0.2, 0) is 17.9 Å². The van der Waals surface area contributed by atoms with Crippen LogP contribution < -0.4 is 10.9 Å². The summed E-state index contributed by atoms with van der Waals surface area (Å²) in [5, 5.41) is 7.85. The first-order chi connectivity index (χ1) is 14.6. The molecular formula is C20H22FN7O2. The molecule has 1 amide bonds. The number of pyridine rings is 1. The zero-order valence-electron chi connectivity index (χ0n) is 16.4. The van der Waals surface area contributed by atoms with Crippen LogP contribution in [-0.4, -0.2) is 54.9 Å². The number of carbonyl (C=O) groups is 1. The first kappa shape index (κ1) is 19.7. The number of anilines is 2. The smallest absolute Gasteiger partial charge is 0.252 e. The van der Waals surface area contributed by atoms with E-state index in [1.807, 2.05) is 0 Å². The highest BCUT2D eigenvalue weighted by Gasteiger charge is 2.28. The molecule has 30 heavy (non-hydrogen) atoms. The van der Waals surface area contributed by atoms with Crippen LogP contribution in [0, 0.1) is 5.92 Å². The lowest BCUT2D eigenvalue weighted by Gasteiger charge is -2.38. The Kier molecular flexibility index (Phi) is 5.55. The molecule has 3 aromatic rings. The standard InChI is InChI=1S/C20H22FN7O2/c1-2-17(29)26-11-14(12-26)5-7-28-18(30)4-3-15-9-22-20(25-19(15)28)24-16-10-23-27(13-16)8-6-21/h2-4,9-10,13-14H,1,5-8,11-12H2,(H,22,24,25). The number of nitrogens with zero attached hydrogens (tertiary/aromatic N) is 6. The molecule has 0 atom stereocenters. The molecule has 0 aliphatic carbocycles. The Labute approximate surface area is 171 Å². The van der Waals surface area contributed by atoms with E-state index in [2.05, 4.69) is 27.0 Å². The summed E-state index contributed by atoms with van der Waals surface area (Å²) < 4.78 is 15.6. The second-order valence-electron chi connectivity index (χ2n) is 7.20. The summed E-state index contributed by atoms with van der Waals surface area (Å²) in [6.45, 7) is 5.03. The molecule has 1 N–H and O–H groups in total. The van der Waals surface area contributed by atoms with Crippen LogP contribution >= 0.6 is 0 Å². The number of carbonyl (C=O) groups excluding carboxylic acids is 1. The number of nitrogens with one attached hydrogen (secondary N) is 1. The maximum Gasteiger partial charge on any atom is 0.252 e. The molecule has 10 heteroatoms. The van der Waals surface area contributed by atoms with Crippen molar-refractivity contribution in [2.24, 2.45) is 5.92 Å². The number of alkyl halides is 1. The molecule has 4 heterocycles. The van der Waals surface area contributed by atoms with Crippen molar-refractivity contribution in [1.29, 1.82) is 0 Å². The van der Waals surface area contributed by atoms with Crippen molar-refractivity contribution in [3.63, 3.8) is 0 Å². The van der Waals surface area contributed by atoms with Crippen LogP contribution in [0.2, 0.25) is 0 Å². The van der Waals surface area contributed by atoms with Crippen molar-refractivity contribution in [3.8, 4) is 0 Å². The summed E-state index contributed by atoms with van der Waals surface area (Å²) in [5.41, 5.74) is 1.03. The quantitative estimate of drug-likeness (QED) is 0.567. The largest absolute Gasteiger partial charge is 0.338 e. The maximum absolute atomic E-state index is 12.5. The van der Waals surface area contributed by atoms with Crippen molar-refractivity contribution in [2.45, 2.75) is 19.5 Å². The molecule has 1 saturated heterocycles. The lowest BCUT2D eigenvalue weighted by molar-refractivity contribution is -0.132. The summed E-state index contributed by atoms with van der Waals surface area (Å²) >= 11 is 0. The van der Waals surface area contributed by atoms with Crippen molar-refractivity contribution in [1.82, 2.24) is 29.2 Å². The summed E-state index contributed by atoms with van der Waals surface area (Å²) in [4.78, 5) is 34.6. The average Bonchev–Trinajstić information content (AvgIpc) is 3.15. The Morgan fingerprint density at radius 1 is 1.30 bits per heavy atom. The molecule has 0 saturated carbocycles. The van der Waals surface area contributed by atoms with E-state index in [9.17, 15) is 14.0 Å². The van der Waals surface area contributed by atoms with Gasteiger partial charge in [-0.25, -0.2) is 9.37 Å². The molecule has 1 aliphatic rings. The van der Waals surface area contributed by atoms with Crippen LogP contribution in [0.4, 0.5) is 16.0 Å². The summed E-state index contributed by atoms with van der Waals surface area (Å²) in [6, 6.07) is 3.21. The van der Waals surface area contributed by atoms with E-state index in [1.54, 1.807) is 34.1 Å². The van der Waals surface area contributed by atoms with Gasteiger partial charge in [-0.3, -0.25) is 18.8 Å². The second-order valence-corrected chi connectivity index (χ2v) is 7.20. The zero-order chi connectivity index (χ0) is 21.1. The Morgan fingerprint density at radius 3 is 2.90 bits per heavy atom. The second kappa shape index (κ2) is 8.44. The predicted octanol–water partition coefficient (Wildman–Crippen LogP) is 1.74. The van der Waals surface area contributed by atoms with Gasteiger partial charge in [-0.15, -0.1) is 0 Å². The summed E-state index contributed by atoms with van der Waals surface area (Å²) in [6.07, 6.45) is 6.97. The van der Waals surface area contributed by atoms with Gasteiger partial charge in [0.2, 0.25) is 11.9 Å². The normalized spacial score (nSPS) is 14.0. The number of hydrogen-bond acceptors (Lipinski definition) is 6. The highest BCUT2D eigenvalue weighted by Crippen LogP contribution is 2.21. The Bertz CT molecular complexity index is 1130. The molecule has 1 fully saturated rings. The molecule has 0 unspecified atom stereocenters. The SMILES string of the molecule is C=CC(=O)N1CC(CCn2c(=O)ccc3cnc(Nc4cnn(CCF)c4)nc32)C1. The molecule has 0 aromatic carbocycles. The summed E-state index contributed by atoms with van der Waals surface area (Å²) in [7, 11) is 0. The molecule has 1 aliphatic heterocycles. The monoisotopic (exact) mass is 411 g/mol. The van der Waals surface area contributed by atoms with Gasteiger partial charge in [0.25, 0.3) is 5.56 Å². The molecule has 0 bridgehead atoms.